The molecule has 8 nitrogen and oxygen atoms in total. The summed E-state index contributed by atoms with van der Waals surface area (Å²) in [4.78, 5) is 28.5. The van der Waals surface area contributed by atoms with Crippen molar-refractivity contribution in [3.63, 3.8) is 0 Å². The van der Waals surface area contributed by atoms with E-state index in [9.17, 15) is 9.59 Å². The van der Waals surface area contributed by atoms with Crippen molar-refractivity contribution in [2.24, 2.45) is 0 Å². The number of hydrogen-bond acceptors (Lipinski definition) is 6. The Morgan fingerprint density at radius 2 is 2.07 bits per heavy atom. The van der Waals surface area contributed by atoms with Gasteiger partial charge in [0.1, 0.15) is 5.82 Å². The quantitative estimate of drug-likeness (QED) is 0.331. The molecule has 0 saturated carbocycles. The zero-order chi connectivity index (χ0) is 21.3. The largest absolute Gasteiger partial charge is 0.355 e. The number of allylic oxidation sites excluding steroid dienone is 1. The van der Waals surface area contributed by atoms with Crippen molar-refractivity contribution >= 4 is 40.5 Å². The molecule has 3 aromatic rings. The highest BCUT2D eigenvalue weighted by Gasteiger charge is 2.11. The standard InChI is InChI=1S/C20H22N6O2S2/c1-2-10-26-16(24-25-20(26)29)12-15-13-30-19(22-15)23-17(27)8-9-21-18(28)11-14-6-4-3-5-7-14/h2-7,13H,1,8-12H2,(H,21,28)(H,25,29)(H,22,23,27). The lowest BCUT2D eigenvalue weighted by Gasteiger charge is -2.05. The number of aromatic amines is 1. The summed E-state index contributed by atoms with van der Waals surface area (Å²) >= 11 is 6.55. The first-order chi connectivity index (χ1) is 14.5. The first kappa shape index (κ1) is 21.6. The van der Waals surface area contributed by atoms with Gasteiger partial charge in [-0.2, -0.15) is 5.10 Å². The lowest BCUT2D eigenvalue weighted by molar-refractivity contribution is -0.120. The molecule has 10 heteroatoms. The summed E-state index contributed by atoms with van der Waals surface area (Å²) in [6, 6.07) is 9.46. The van der Waals surface area contributed by atoms with Crippen LogP contribution in [0.3, 0.4) is 0 Å². The van der Waals surface area contributed by atoms with E-state index < -0.39 is 0 Å². The van der Waals surface area contributed by atoms with Gasteiger partial charge in [0, 0.05) is 24.9 Å². The molecule has 3 N–H and O–H groups in total. The fraction of sp³-hybridized carbons (Fsp3) is 0.250. The number of nitrogens with one attached hydrogen (secondary N) is 3. The maximum Gasteiger partial charge on any atom is 0.227 e. The molecule has 0 bridgehead atoms. The molecule has 0 aliphatic rings. The van der Waals surface area contributed by atoms with Gasteiger partial charge < -0.3 is 10.6 Å². The summed E-state index contributed by atoms with van der Waals surface area (Å²) in [7, 11) is 0. The number of benzene rings is 1. The van der Waals surface area contributed by atoms with Crippen LogP contribution in [0.5, 0.6) is 0 Å². The fourth-order valence-corrected chi connectivity index (χ4v) is 3.70. The number of aromatic nitrogens is 4. The van der Waals surface area contributed by atoms with Crippen LogP contribution in [-0.4, -0.2) is 38.1 Å². The van der Waals surface area contributed by atoms with E-state index in [1.165, 1.54) is 11.3 Å². The van der Waals surface area contributed by atoms with Crippen LogP contribution >= 0.6 is 23.6 Å². The van der Waals surface area contributed by atoms with Crippen LogP contribution in [0.1, 0.15) is 23.5 Å². The number of thiazole rings is 1. The smallest absolute Gasteiger partial charge is 0.227 e. The molecule has 0 saturated heterocycles. The van der Waals surface area contributed by atoms with Crippen molar-refractivity contribution in [1.29, 1.82) is 0 Å². The number of anilines is 1. The number of carbonyl (C=O) groups is 2. The average Bonchev–Trinajstić information content (AvgIpc) is 3.30. The van der Waals surface area contributed by atoms with E-state index in [0.717, 1.165) is 17.1 Å². The molecule has 1 aromatic carbocycles. The molecule has 156 valence electrons. The maximum atomic E-state index is 12.1. The Labute approximate surface area is 183 Å². The summed E-state index contributed by atoms with van der Waals surface area (Å²) in [5.41, 5.74) is 1.72. The van der Waals surface area contributed by atoms with Crippen molar-refractivity contribution in [3.8, 4) is 0 Å². The van der Waals surface area contributed by atoms with Gasteiger partial charge in [-0.15, -0.1) is 17.9 Å². The molecule has 0 radical (unpaired) electrons. The third kappa shape index (κ3) is 6.19. The highest BCUT2D eigenvalue weighted by molar-refractivity contribution is 7.71. The Morgan fingerprint density at radius 1 is 1.27 bits per heavy atom. The summed E-state index contributed by atoms with van der Waals surface area (Å²) in [5.74, 6) is 0.438. The van der Waals surface area contributed by atoms with E-state index in [-0.39, 0.29) is 24.8 Å². The Bertz CT molecular complexity index is 1070. The topological polar surface area (TPSA) is 105 Å². The number of H-pyrrole nitrogens is 1. The summed E-state index contributed by atoms with van der Waals surface area (Å²) in [6.45, 7) is 4.56. The third-order valence-electron chi connectivity index (χ3n) is 4.17. The Balaban J connectivity index is 1.44. The highest BCUT2D eigenvalue weighted by atomic mass is 32.1. The van der Waals surface area contributed by atoms with Gasteiger partial charge in [-0.25, -0.2) is 4.98 Å². The predicted octanol–water partition coefficient (Wildman–Crippen LogP) is 2.86. The molecule has 2 aromatic heterocycles. The van der Waals surface area contributed by atoms with Gasteiger partial charge >= 0.3 is 0 Å². The lowest BCUT2D eigenvalue weighted by atomic mass is 10.1. The second-order valence-corrected chi connectivity index (χ2v) is 7.72. The lowest BCUT2D eigenvalue weighted by Crippen LogP contribution is -2.28. The van der Waals surface area contributed by atoms with Crippen molar-refractivity contribution in [2.45, 2.75) is 25.8 Å². The average molecular weight is 443 g/mol. The molecule has 0 aliphatic carbocycles. The second kappa shape index (κ2) is 10.6. The second-order valence-electron chi connectivity index (χ2n) is 6.48. The Kier molecular flexibility index (Phi) is 7.63. The first-order valence-electron chi connectivity index (χ1n) is 9.35. The molecular weight excluding hydrogens is 420 g/mol. The Hall–Kier alpha value is -3.11. The van der Waals surface area contributed by atoms with Gasteiger partial charge in [0.15, 0.2) is 9.90 Å². The molecule has 0 atom stereocenters. The molecule has 0 aliphatic heterocycles. The van der Waals surface area contributed by atoms with Crippen LogP contribution in [0.25, 0.3) is 0 Å². The SMILES string of the molecule is C=CCn1c(Cc2csc(NC(=O)CCNC(=O)Cc3ccccc3)n2)n[nH]c1=S. The minimum absolute atomic E-state index is 0.113. The van der Waals surface area contributed by atoms with Gasteiger partial charge in [0.2, 0.25) is 11.8 Å². The Morgan fingerprint density at radius 3 is 2.83 bits per heavy atom. The zero-order valence-corrected chi connectivity index (χ0v) is 17.9. The van der Waals surface area contributed by atoms with Crippen molar-refractivity contribution in [1.82, 2.24) is 25.1 Å². The van der Waals surface area contributed by atoms with E-state index in [0.29, 0.717) is 29.3 Å². The van der Waals surface area contributed by atoms with E-state index >= 15 is 0 Å². The van der Waals surface area contributed by atoms with Crippen molar-refractivity contribution in [3.05, 3.63) is 70.2 Å². The van der Waals surface area contributed by atoms with E-state index in [4.69, 9.17) is 12.2 Å². The fourth-order valence-electron chi connectivity index (χ4n) is 2.75. The summed E-state index contributed by atoms with van der Waals surface area (Å²) in [6.07, 6.45) is 2.71. The zero-order valence-electron chi connectivity index (χ0n) is 16.3. The van der Waals surface area contributed by atoms with Gasteiger partial charge in [0.25, 0.3) is 0 Å². The van der Waals surface area contributed by atoms with Crippen LogP contribution in [0, 0.1) is 4.77 Å². The number of hydrogen-bond donors (Lipinski definition) is 3. The number of carbonyl (C=O) groups excluding carboxylic acids is 2. The number of rotatable bonds is 10. The van der Waals surface area contributed by atoms with E-state index in [1.54, 1.807) is 6.08 Å². The van der Waals surface area contributed by atoms with Crippen LogP contribution in [0.2, 0.25) is 0 Å². The monoisotopic (exact) mass is 442 g/mol. The van der Waals surface area contributed by atoms with Crippen molar-refractivity contribution in [2.75, 3.05) is 11.9 Å². The van der Waals surface area contributed by atoms with Crippen LogP contribution in [0.4, 0.5) is 5.13 Å². The van der Waals surface area contributed by atoms with E-state index in [2.05, 4.69) is 32.4 Å². The van der Waals surface area contributed by atoms with Crippen LogP contribution in [-0.2, 0) is 29.0 Å². The molecule has 30 heavy (non-hydrogen) atoms. The van der Waals surface area contributed by atoms with Crippen LogP contribution < -0.4 is 10.6 Å². The third-order valence-corrected chi connectivity index (χ3v) is 5.29. The first-order valence-corrected chi connectivity index (χ1v) is 10.6. The van der Waals surface area contributed by atoms with Crippen LogP contribution in [0.15, 0.2) is 48.4 Å². The molecule has 3 rings (SSSR count). The number of amides is 2. The minimum Gasteiger partial charge on any atom is -0.355 e. The van der Waals surface area contributed by atoms with Gasteiger partial charge in [0.05, 0.1) is 18.5 Å². The predicted molar refractivity (Wildman–Crippen MR) is 119 cm³/mol. The highest BCUT2D eigenvalue weighted by Crippen LogP contribution is 2.18. The van der Waals surface area contributed by atoms with Gasteiger partial charge in [-0.3, -0.25) is 19.3 Å². The number of nitrogens with zero attached hydrogens (tertiary/aromatic N) is 3. The van der Waals surface area contributed by atoms with E-state index in [1.807, 2.05) is 40.3 Å². The molecule has 0 unspecified atom stereocenters. The van der Waals surface area contributed by atoms with Gasteiger partial charge in [-0.1, -0.05) is 36.4 Å². The summed E-state index contributed by atoms with van der Waals surface area (Å²) < 4.78 is 2.38. The molecular formula is C20H22N6O2S2. The van der Waals surface area contributed by atoms with Crippen molar-refractivity contribution < 1.29 is 9.59 Å². The summed E-state index contributed by atoms with van der Waals surface area (Å²) in [5, 5.41) is 14.9. The molecule has 0 spiro atoms. The molecule has 0 fully saturated rings. The maximum absolute atomic E-state index is 12.1. The minimum atomic E-state index is -0.203. The molecule has 2 amide bonds. The van der Waals surface area contributed by atoms with Gasteiger partial charge in [-0.05, 0) is 17.8 Å². The normalized spacial score (nSPS) is 10.5. The molecule has 2 heterocycles.